The van der Waals surface area contributed by atoms with E-state index in [4.69, 9.17) is 0 Å². The molecule has 1 N–H and O–H groups in total. The fraction of sp³-hybridized carbons (Fsp3) is 0.273. The van der Waals surface area contributed by atoms with Crippen LogP contribution in [-0.4, -0.2) is 25.0 Å². The average Bonchev–Trinajstić information content (AvgIpc) is 2.27. The normalized spacial score (nSPS) is 11.8. The van der Waals surface area contributed by atoms with Crippen LogP contribution in [0.15, 0.2) is 27.1 Å². The van der Waals surface area contributed by atoms with Gasteiger partial charge in [-0.2, -0.15) is 0 Å². The summed E-state index contributed by atoms with van der Waals surface area (Å²) in [6.45, 7) is 1.57. The van der Waals surface area contributed by atoms with Gasteiger partial charge in [-0.05, 0) is 41.1 Å². The van der Waals surface area contributed by atoms with Crippen LogP contribution < -0.4 is 5.32 Å². The molecule has 17 heavy (non-hydrogen) atoms. The standard InChI is InChI=1S/C11H11Br2NO3/c1-6(11(16)17-2)14-10(15)8-4-3-7(12)5-9(8)13/h3-6H,1-2H3,(H,14,15). The van der Waals surface area contributed by atoms with Crippen molar-refractivity contribution in [2.24, 2.45) is 0 Å². The number of rotatable bonds is 3. The minimum atomic E-state index is -0.678. The van der Waals surface area contributed by atoms with Crippen LogP contribution in [-0.2, 0) is 9.53 Å². The van der Waals surface area contributed by atoms with Crippen LogP contribution in [0.1, 0.15) is 17.3 Å². The zero-order valence-electron chi connectivity index (χ0n) is 9.29. The lowest BCUT2D eigenvalue weighted by Gasteiger charge is -2.12. The molecule has 4 nitrogen and oxygen atoms in total. The number of carbonyl (C=O) groups is 2. The van der Waals surface area contributed by atoms with Gasteiger partial charge in [-0.25, -0.2) is 4.79 Å². The summed E-state index contributed by atoms with van der Waals surface area (Å²) < 4.78 is 6.04. The molecule has 0 saturated heterocycles. The number of benzene rings is 1. The molecular weight excluding hydrogens is 354 g/mol. The van der Waals surface area contributed by atoms with Crippen LogP contribution in [0.2, 0.25) is 0 Å². The number of amides is 1. The first-order valence-electron chi connectivity index (χ1n) is 4.79. The van der Waals surface area contributed by atoms with Gasteiger partial charge in [-0.1, -0.05) is 15.9 Å². The molecule has 0 spiro atoms. The summed E-state index contributed by atoms with van der Waals surface area (Å²) in [5, 5.41) is 2.55. The first-order chi connectivity index (χ1) is 7.95. The Hall–Kier alpha value is -0.880. The van der Waals surface area contributed by atoms with Crippen molar-refractivity contribution in [3.05, 3.63) is 32.7 Å². The van der Waals surface area contributed by atoms with E-state index in [1.54, 1.807) is 25.1 Å². The van der Waals surface area contributed by atoms with E-state index in [0.29, 0.717) is 10.0 Å². The predicted octanol–water partition coefficient (Wildman–Crippen LogP) is 2.50. The van der Waals surface area contributed by atoms with E-state index in [1.165, 1.54) is 7.11 Å². The Morgan fingerprint density at radius 1 is 1.35 bits per heavy atom. The highest BCUT2D eigenvalue weighted by atomic mass is 79.9. The zero-order chi connectivity index (χ0) is 13.0. The minimum absolute atomic E-state index is 0.331. The maximum absolute atomic E-state index is 11.8. The van der Waals surface area contributed by atoms with Crippen molar-refractivity contribution in [2.75, 3.05) is 7.11 Å². The molecule has 1 aromatic rings. The number of methoxy groups -OCH3 is 1. The highest BCUT2D eigenvalue weighted by Crippen LogP contribution is 2.21. The van der Waals surface area contributed by atoms with Crippen molar-refractivity contribution in [2.45, 2.75) is 13.0 Å². The van der Waals surface area contributed by atoms with Gasteiger partial charge in [0.2, 0.25) is 0 Å². The summed E-state index contributed by atoms with van der Waals surface area (Å²) in [7, 11) is 1.28. The summed E-state index contributed by atoms with van der Waals surface area (Å²) >= 11 is 6.58. The monoisotopic (exact) mass is 363 g/mol. The first-order valence-corrected chi connectivity index (χ1v) is 6.38. The lowest BCUT2D eigenvalue weighted by molar-refractivity contribution is -0.142. The van der Waals surface area contributed by atoms with Gasteiger partial charge in [0, 0.05) is 8.95 Å². The number of halogens is 2. The van der Waals surface area contributed by atoms with Crippen LogP contribution in [0, 0.1) is 0 Å². The van der Waals surface area contributed by atoms with Gasteiger partial charge in [0.05, 0.1) is 12.7 Å². The summed E-state index contributed by atoms with van der Waals surface area (Å²) in [6.07, 6.45) is 0. The van der Waals surface area contributed by atoms with Gasteiger partial charge in [-0.3, -0.25) is 4.79 Å². The highest BCUT2D eigenvalue weighted by Gasteiger charge is 2.18. The molecule has 0 heterocycles. The van der Waals surface area contributed by atoms with Crippen LogP contribution >= 0.6 is 31.9 Å². The average molecular weight is 365 g/mol. The molecule has 1 amide bonds. The quantitative estimate of drug-likeness (QED) is 0.838. The molecule has 1 rings (SSSR count). The third kappa shape index (κ3) is 3.81. The summed E-state index contributed by atoms with van der Waals surface area (Å²) in [5.74, 6) is -0.811. The van der Waals surface area contributed by atoms with Crippen LogP contribution in [0.25, 0.3) is 0 Å². The number of nitrogens with one attached hydrogen (secondary N) is 1. The van der Waals surface area contributed by atoms with E-state index in [-0.39, 0.29) is 5.91 Å². The Morgan fingerprint density at radius 2 is 2.00 bits per heavy atom. The molecule has 6 heteroatoms. The molecule has 0 fully saturated rings. The van der Waals surface area contributed by atoms with E-state index >= 15 is 0 Å². The van der Waals surface area contributed by atoms with Crippen molar-refractivity contribution in [1.29, 1.82) is 0 Å². The molecule has 0 aromatic heterocycles. The Morgan fingerprint density at radius 3 is 2.53 bits per heavy atom. The van der Waals surface area contributed by atoms with Gasteiger partial charge < -0.3 is 10.1 Å². The second-order valence-electron chi connectivity index (χ2n) is 3.34. The van der Waals surface area contributed by atoms with Crippen LogP contribution in [0.3, 0.4) is 0 Å². The molecule has 0 radical (unpaired) electrons. The van der Waals surface area contributed by atoms with Crippen molar-refractivity contribution >= 4 is 43.7 Å². The number of hydrogen-bond acceptors (Lipinski definition) is 3. The summed E-state index contributed by atoms with van der Waals surface area (Å²) in [6, 6.07) is 4.50. The molecule has 0 aliphatic rings. The summed E-state index contributed by atoms with van der Waals surface area (Å²) in [5.41, 5.74) is 0.462. The van der Waals surface area contributed by atoms with E-state index < -0.39 is 12.0 Å². The second kappa shape index (κ2) is 6.16. The number of carbonyl (C=O) groups excluding carboxylic acids is 2. The van der Waals surface area contributed by atoms with Gasteiger partial charge >= 0.3 is 5.97 Å². The molecule has 92 valence electrons. The summed E-state index contributed by atoms with van der Waals surface area (Å²) in [4.78, 5) is 23.0. The Balaban J connectivity index is 2.80. The minimum Gasteiger partial charge on any atom is -0.467 e. The largest absolute Gasteiger partial charge is 0.467 e. The molecule has 0 saturated carbocycles. The zero-order valence-corrected chi connectivity index (χ0v) is 12.5. The van der Waals surface area contributed by atoms with Gasteiger partial charge in [0.1, 0.15) is 6.04 Å². The van der Waals surface area contributed by atoms with E-state index in [0.717, 1.165) is 4.47 Å². The molecular formula is C11H11Br2NO3. The van der Waals surface area contributed by atoms with Crippen molar-refractivity contribution in [3.8, 4) is 0 Å². The smallest absolute Gasteiger partial charge is 0.328 e. The maximum Gasteiger partial charge on any atom is 0.328 e. The van der Waals surface area contributed by atoms with Crippen LogP contribution in [0.4, 0.5) is 0 Å². The molecule has 1 aromatic carbocycles. The Kier molecular flexibility index (Phi) is 5.14. The van der Waals surface area contributed by atoms with Crippen molar-refractivity contribution in [1.82, 2.24) is 5.32 Å². The highest BCUT2D eigenvalue weighted by molar-refractivity contribution is 9.11. The molecule has 0 bridgehead atoms. The lowest BCUT2D eigenvalue weighted by atomic mass is 10.2. The molecule has 0 aliphatic carbocycles. The van der Waals surface area contributed by atoms with E-state index in [9.17, 15) is 9.59 Å². The fourth-order valence-electron chi connectivity index (χ4n) is 1.18. The van der Waals surface area contributed by atoms with E-state index in [2.05, 4.69) is 41.9 Å². The van der Waals surface area contributed by atoms with Crippen LogP contribution in [0.5, 0.6) is 0 Å². The fourth-order valence-corrected chi connectivity index (χ4v) is 2.41. The lowest BCUT2D eigenvalue weighted by Crippen LogP contribution is -2.39. The number of hydrogen-bond donors (Lipinski definition) is 1. The van der Waals surface area contributed by atoms with Crippen molar-refractivity contribution in [3.63, 3.8) is 0 Å². The molecule has 1 atom stereocenters. The number of ether oxygens (including phenoxy) is 1. The van der Waals surface area contributed by atoms with Gasteiger partial charge in [-0.15, -0.1) is 0 Å². The topological polar surface area (TPSA) is 55.4 Å². The van der Waals surface area contributed by atoms with Crippen molar-refractivity contribution < 1.29 is 14.3 Å². The molecule has 0 aliphatic heterocycles. The second-order valence-corrected chi connectivity index (χ2v) is 5.11. The van der Waals surface area contributed by atoms with Gasteiger partial charge in [0.25, 0.3) is 5.91 Å². The van der Waals surface area contributed by atoms with Gasteiger partial charge in [0.15, 0.2) is 0 Å². The Bertz CT molecular complexity index is 448. The predicted molar refractivity (Wildman–Crippen MR) is 70.8 cm³/mol. The third-order valence-electron chi connectivity index (χ3n) is 2.08. The molecule has 1 unspecified atom stereocenters. The Labute approximate surface area is 116 Å². The van der Waals surface area contributed by atoms with E-state index in [1.807, 2.05) is 0 Å². The first kappa shape index (κ1) is 14.2. The third-order valence-corrected chi connectivity index (χ3v) is 3.23. The SMILES string of the molecule is COC(=O)C(C)NC(=O)c1ccc(Br)cc1Br. The number of esters is 1. The maximum atomic E-state index is 11.8.